The van der Waals surface area contributed by atoms with E-state index in [2.05, 4.69) is 4.98 Å². The number of aromatic nitrogens is 1. The third kappa shape index (κ3) is 2.53. The Kier molecular flexibility index (Phi) is 3.40. The lowest BCUT2D eigenvalue weighted by Gasteiger charge is -2.14. The zero-order valence-electron chi connectivity index (χ0n) is 8.27. The molecule has 0 aliphatic carbocycles. The maximum Gasteiger partial charge on any atom is 0.287 e. The Balaban J connectivity index is 2.78. The molecule has 0 bridgehead atoms. The molecule has 0 radical (unpaired) electrons. The van der Waals surface area contributed by atoms with Crippen LogP contribution in [0.1, 0.15) is 10.5 Å². The van der Waals surface area contributed by atoms with E-state index in [1.807, 2.05) is 0 Å². The molecule has 0 saturated carbocycles. The molecule has 0 aromatic carbocycles. The summed E-state index contributed by atoms with van der Waals surface area (Å²) < 4.78 is 0. The van der Waals surface area contributed by atoms with Crippen LogP contribution in [0.2, 0.25) is 0 Å². The van der Waals surface area contributed by atoms with Crippen molar-refractivity contribution in [2.45, 2.75) is 0 Å². The number of likely N-dealkylation sites (N-methyl/N-ethyl adjacent to an activating group) is 1. The van der Waals surface area contributed by atoms with Crippen molar-refractivity contribution >= 4 is 11.6 Å². The van der Waals surface area contributed by atoms with Gasteiger partial charge in [-0.1, -0.05) is 0 Å². The van der Waals surface area contributed by atoms with E-state index < -0.39 is 4.92 Å². The first-order valence-corrected chi connectivity index (χ1v) is 4.34. The normalized spacial score (nSPS) is 10.0. The smallest absolute Gasteiger partial charge is 0.287 e. The van der Waals surface area contributed by atoms with E-state index in [1.54, 1.807) is 7.05 Å². The van der Waals surface area contributed by atoms with Crippen LogP contribution in [0, 0.1) is 10.1 Å². The minimum Gasteiger partial charge on any atom is -0.351 e. The summed E-state index contributed by atoms with van der Waals surface area (Å²) in [4.78, 5) is 25.4. The fraction of sp³-hybridized carbons (Fsp3) is 0.375. The zero-order chi connectivity index (χ0) is 11.4. The third-order valence-corrected chi connectivity index (χ3v) is 1.92. The molecular formula is C8H12N4O3. The van der Waals surface area contributed by atoms with Gasteiger partial charge in [0, 0.05) is 26.2 Å². The molecule has 1 amide bonds. The van der Waals surface area contributed by atoms with Crippen LogP contribution in [0.4, 0.5) is 5.69 Å². The van der Waals surface area contributed by atoms with Crippen LogP contribution in [0.3, 0.4) is 0 Å². The van der Waals surface area contributed by atoms with Gasteiger partial charge in [-0.25, -0.2) is 0 Å². The van der Waals surface area contributed by atoms with Gasteiger partial charge in [0.2, 0.25) is 0 Å². The van der Waals surface area contributed by atoms with E-state index in [4.69, 9.17) is 5.73 Å². The molecule has 3 N–H and O–H groups in total. The van der Waals surface area contributed by atoms with Gasteiger partial charge in [0.05, 0.1) is 11.1 Å². The molecule has 7 heteroatoms. The lowest BCUT2D eigenvalue weighted by molar-refractivity contribution is -0.384. The monoisotopic (exact) mass is 212 g/mol. The maximum absolute atomic E-state index is 11.6. The topological polar surface area (TPSA) is 105 Å². The van der Waals surface area contributed by atoms with Crippen molar-refractivity contribution in [1.82, 2.24) is 9.88 Å². The van der Waals surface area contributed by atoms with Crippen LogP contribution < -0.4 is 5.73 Å². The van der Waals surface area contributed by atoms with Crippen LogP contribution in [-0.2, 0) is 0 Å². The molecule has 1 aromatic rings. The van der Waals surface area contributed by atoms with Gasteiger partial charge in [-0.3, -0.25) is 14.9 Å². The van der Waals surface area contributed by atoms with Crippen molar-refractivity contribution < 1.29 is 9.72 Å². The number of nitrogens with zero attached hydrogens (tertiary/aromatic N) is 2. The van der Waals surface area contributed by atoms with E-state index in [1.165, 1.54) is 17.2 Å². The largest absolute Gasteiger partial charge is 0.351 e. The fourth-order valence-electron chi connectivity index (χ4n) is 1.11. The lowest BCUT2D eigenvalue weighted by Crippen LogP contribution is -2.31. The number of nitro groups is 1. The number of hydrogen-bond donors (Lipinski definition) is 2. The van der Waals surface area contributed by atoms with Crippen LogP contribution in [0.5, 0.6) is 0 Å². The van der Waals surface area contributed by atoms with E-state index in [9.17, 15) is 14.9 Å². The summed E-state index contributed by atoms with van der Waals surface area (Å²) in [5, 5.41) is 10.4. The number of amides is 1. The van der Waals surface area contributed by atoms with Gasteiger partial charge in [-0.05, 0) is 0 Å². The summed E-state index contributed by atoms with van der Waals surface area (Å²) in [6, 6.07) is 1.20. The fourth-order valence-corrected chi connectivity index (χ4v) is 1.11. The van der Waals surface area contributed by atoms with Gasteiger partial charge in [-0.2, -0.15) is 0 Å². The molecule has 0 aliphatic heterocycles. The molecule has 0 unspecified atom stereocenters. The molecule has 0 aliphatic rings. The second-order valence-electron chi connectivity index (χ2n) is 3.04. The summed E-state index contributed by atoms with van der Waals surface area (Å²) in [7, 11) is 1.59. The molecule has 0 atom stereocenters. The van der Waals surface area contributed by atoms with Crippen molar-refractivity contribution in [3.8, 4) is 0 Å². The van der Waals surface area contributed by atoms with Gasteiger partial charge in [0.15, 0.2) is 0 Å². The third-order valence-electron chi connectivity index (χ3n) is 1.92. The Labute approximate surface area is 86.0 Å². The molecule has 0 spiro atoms. The SMILES string of the molecule is CN(CCN)C(=O)c1cc([N+](=O)[O-])c[nH]1. The van der Waals surface area contributed by atoms with Gasteiger partial charge in [-0.15, -0.1) is 0 Å². The molecule has 7 nitrogen and oxygen atoms in total. The number of hydrogen-bond acceptors (Lipinski definition) is 4. The average Bonchev–Trinajstić information content (AvgIpc) is 2.65. The van der Waals surface area contributed by atoms with Crippen molar-refractivity contribution in [3.63, 3.8) is 0 Å². The van der Waals surface area contributed by atoms with Crippen molar-refractivity contribution in [1.29, 1.82) is 0 Å². The van der Waals surface area contributed by atoms with Gasteiger partial charge < -0.3 is 15.6 Å². The first kappa shape index (κ1) is 11.2. The van der Waals surface area contributed by atoms with E-state index in [0.29, 0.717) is 13.1 Å². The zero-order valence-corrected chi connectivity index (χ0v) is 8.27. The number of aromatic amines is 1. The summed E-state index contributed by atoms with van der Waals surface area (Å²) in [6.07, 6.45) is 1.18. The van der Waals surface area contributed by atoms with Crippen molar-refractivity contribution in [3.05, 3.63) is 28.1 Å². The van der Waals surface area contributed by atoms with Crippen LogP contribution >= 0.6 is 0 Å². The first-order chi connectivity index (χ1) is 7.06. The molecule has 1 heterocycles. The van der Waals surface area contributed by atoms with Crippen LogP contribution in [-0.4, -0.2) is 40.9 Å². The molecule has 1 aromatic heterocycles. The highest BCUT2D eigenvalue weighted by Gasteiger charge is 2.16. The Morgan fingerprint density at radius 3 is 2.87 bits per heavy atom. The highest BCUT2D eigenvalue weighted by Crippen LogP contribution is 2.13. The van der Waals surface area contributed by atoms with Crippen LogP contribution in [0.25, 0.3) is 0 Å². The summed E-state index contributed by atoms with van der Waals surface area (Å²) >= 11 is 0. The Hall–Kier alpha value is -1.89. The Morgan fingerprint density at radius 2 is 2.40 bits per heavy atom. The molecule has 82 valence electrons. The molecular weight excluding hydrogens is 200 g/mol. The molecule has 15 heavy (non-hydrogen) atoms. The minimum atomic E-state index is -0.559. The van der Waals surface area contributed by atoms with Crippen molar-refractivity contribution in [2.75, 3.05) is 20.1 Å². The second-order valence-corrected chi connectivity index (χ2v) is 3.04. The number of nitrogens with one attached hydrogen (secondary N) is 1. The number of carbonyl (C=O) groups excluding carboxylic acids is 1. The summed E-state index contributed by atoms with van der Waals surface area (Å²) in [5.41, 5.74) is 5.35. The predicted molar refractivity (Wildman–Crippen MR) is 53.5 cm³/mol. The molecule has 0 fully saturated rings. The number of H-pyrrole nitrogens is 1. The maximum atomic E-state index is 11.6. The van der Waals surface area contributed by atoms with Crippen LogP contribution in [0.15, 0.2) is 12.3 Å². The Bertz CT molecular complexity index is 374. The van der Waals surface area contributed by atoms with Gasteiger partial charge >= 0.3 is 0 Å². The highest BCUT2D eigenvalue weighted by molar-refractivity contribution is 5.93. The summed E-state index contributed by atoms with van der Waals surface area (Å²) in [6.45, 7) is 0.761. The highest BCUT2D eigenvalue weighted by atomic mass is 16.6. The Morgan fingerprint density at radius 1 is 1.73 bits per heavy atom. The average molecular weight is 212 g/mol. The minimum absolute atomic E-state index is 0.125. The van der Waals surface area contributed by atoms with Crippen molar-refractivity contribution in [2.24, 2.45) is 5.73 Å². The van der Waals surface area contributed by atoms with E-state index in [0.717, 1.165) is 0 Å². The van der Waals surface area contributed by atoms with Gasteiger partial charge in [0.1, 0.15) is 5.69 Å². The van der Waals surface area contributed by atoms with Gasteiger partial charge in [0.25, 0.3) is 11.6 Å². The number of nitrogens with two attached hydrogens (primary N) is 1. The number of carbonyl (C=O) groups is 1. The molecule has 1 rings (SSSR count). The summed E-state index contributed by atoms with van der Waals surface area (Å²) in [5.74, 6) is -0.312. The van der Waals surface area contributed by atoms with E-state index >= 15 is 0 Å². The lowest BCUT2D eigenvalue weighted by atomic mass is 10.3. The number of rotatable bonds is 4. The second kappa shape index (κ2) is 4.56. The quantitative estimate of drug-likeness (QED) is 0.539. The standard InChI is InChI=1S/C8H12N4O3/c1-11(3-2-9)8(13)7-4-6(5-10-7)12(14)15/h4-5,10H,2-3,9H2,1H3. The molecule has 0 saturated heterocycles. The van der Waals surface area contributed by atoms with E-state index in [-0.39, 0.29) is 17.3 Å². The predicted octanol–water partition coefficient (Wildman–Crippen LogP) is -0.0464. The first-order valence-electron chi connectivity index (χ1n) is 4.34.